The molecule has 13 nitrogen and oxygen atoms in total. The molecule has 394 valence electrons. The molecule has 0 bridgehead atoms. The second-order valence-electron chi connectivity index (χ2n) is 19.6. The van der Waals surface area contributed by atoms with E-state index in [0.29, 0.717) is 17.3 Å². The third-order valence-corrected chi connectivity index (χ3v) is 22.5. The van der Waals surface area contributed by atoms with E-state index < -0.39 is 74.5 Å². The van der Waals surface area contributed by atoms with Crippen molar-refractivity contribution in [2.45, 2.75) is 114 Å². The molecule has 0 aliphatic carbocycles. The minimum absolute atomic E-state index is 0.0650. The van der Waals surface area contributed by atoms with Gasteiger partial charge in [0.05, 0.1) is 48.7 Å². The second kappa shape index (κ2) is 24.6. The van der Waals surface area contributed by atoms with E-state index in [9.17, 15) is 19.2 Å². The maximum Gasteiger partial charge on any atom is 0.333 e. The van der Waals surface area contributed by atoms with Gasteiger partial charge in [0.1, 0.15) is 39.4 Å². The summed E-state index contributed by atoms with van der Waals surface area (Å²) in [5.41, 5.74) is -0.267. The molecule has 0 spiro atoms. The Bertz CT molecular complexity index is 2780. The van der Waals surface area contributed by atoms with Crippen LogP contribution in [0.3, 0.4) is 0 Å². The van der Waals surface area contributed by atoms with Crippen LogP contribution in [0.5, 0.6) is 17.2 Å². The molecule has 1 aromatic heterocycles. The van der Waals surface area contributed by atoms with Crippen LogP contribution in [-0.4, -0.2) is 79.0 Å². The average molecular weight is 1160 g/mol. The highest BCUT2D eigenvalue weighted by Gasteiger charge is 2.54. The van der Waals surface area contributed by atoms with Gasteiger partial charge in [-0.3, -0.25) is 23.5 Å². The third-order valence-electron chi connectivity index (χ3n) is 12.4. The van der Waals surface area contributed by atoms with Gasteiger partial charge in [-0.1, -0.05) is 176 Å². The summed E-state index contributed by atoms with van der Waals surface area (Å²) in [6.45, 7) is 16.4. The lowest BCUT2D eigenvalue weighted by molar-refractivity contribution is -0.160. The number of carbonyl (C=O) groups is 2. The van der Waals surface area contributed by atoms with Crippen molar-refractivity contribution in [3.63, 3.8) is 0 Å². The van der Waals surface area contributed by atoms with Gasteiger partial charge in [0.15, 0.2) is 26.4 Å². The Morgan fingerprint density at radius 2 is 1.22 bits per heavy atom. The summed E-state index contributed by atoms with van der Waals surface area (Å²) in [4.78, 5) is 55.6. The molecule has 1 fully saturated rings. The molecule has 1 aliphatic rings. The number of hydrogen-bond donors (Lipinski definition) is 0. The number of esters is 2. The molecule has 0 N–H and O–H groups in total. The van der Waals surface area contributed by atoms with Crippen LogP contribution in [0.15, 0.2) is 101 Å². The van der Waals surface area contributed by atoms with Crippen LogP contribution in [0.4, 0.5) is 0 Å². The van der Waals surface area contributed by atoms with Crippen molar-refractivity contribution in [1.29, 1.82) is 0 Å². The first-order valence-electron chi connectivity index (χ1n) is 23.2. The highest BCUT2D eigenvalue weighted by atomic mass is 35.5. The maximum absolute atomic E-state index is 14.6. The molecule has 5 aromatic rings. The first-order chi connectivity index (χ1) is 34.3. The number of halogens is 5. The Morgan fingerprint density at radius 1 is 0.699 bits per heavy atom. The van der Waals surface area contributed by atoms with E-state index in [4.69, 9.17) is 90.9 Å². The van der Waals surface area contributed by atoms with Crippen molar-refractivity contribution < 1.29 is 42.4 Å². The molecular formula is C52H59Cl5N2O11S2Si. The Hall–Kier alpha value is -3.65. The lowest BCUT2D eigenvalue weighted by Gasteiger charge is -2.41. The summed E-state index contributed by atoms with van der Waals surface area (Å²) in [5.74, 6) is -0.414. The van der Waals surface area contributed by atoms with Crippen molar-refractivity contribution in [1.82, 2.24) is 9.13 Å². The van der Waals surface area contributed by atoms with Gasteiger partial charge in [-0.15, -0.1) is 0 Å². The predicted molar refractivity (Wildman–Crippen MR) is 295 cm³/mol. The van der Waals surface area contributed by atoms with Crippen molar-refractivity contribution in [3.8, 4) is 17.2 Å². The molecule has 6 rings (SSSR count). The Morgan fingerprint density at radius 3 is 1.74 bits per heavy atom. The van der Waals surface area contributed by atoms with Crippen molar-refractivity contribution in [2.24, 2.45) is 0 Å². The highest BCUT2D eigenvalue weighted by molar-refractivity contribution is 8.77. The van der Waals surface area contributed by atoms with Crippen LogP contribution in [0.25, 0.3) is 0 Å². The molecule has 0 saturated carbocycles. The van der Waals surface area contributed by atoms with Gasteiger partial charge in [0.2, 0.25) is 0 Å². The Kier molecular flexibility index (Phi) is 19.7. The molecule has 1 aliphatic heterocycles. The fourth-order valence-electron chi connectivity index (χ4n) is 7.66. The van der Waals surface area contributed by atoms with Crippen LogP contribution < -0.4 is 25.5 Å². The number of aromatic nitrogens is 2. The quantitative estimate of drug-likeness (QED) is 0.0107. The fraction of sp³-hybridized carbons (Fsp3) is 0.423. The number of rotatable bonds is 20. The minimum Gasteiger partial charge on any atom is -0.497 e. The smallest absolute Gasteiger partial charge is 0.333 e. The average Bonchev–Trinajstić information content (AvgIpc) is 3.67. The van der Waals surface area contributed by atoms with Crippen LogP contribution in [0.2, 0.25) is 43.2 Å². The molecule has 73 heavy (non-hydrogen) atoms. The first-order valence-corrected chi connectivity index (χ1v) is 30.3. The lowest BCUT2D eigenvalue weighted by Crippen LogP contribution is -2.51. The van der Waals surface area contributed by atoms with Crippen molar-refractivity contribution >= 4 is 99.8 Å². The lowest BCUT2D eigenvalue weighted by atomic mass is 9.80. The summed E-state index contributed by atoms with van der Waals surface area (Å²) in [5, 5.41) is -1.38. The van der Waals surface area contributed by atoms with Gasteiger partial charge < -0.3 is 32.8 Å². The van der Waals surface area contributed by atoms with E-state index in [-0.39, 0.29) is 53.8 Å². The molecule has 2 heterocycles. The molecule has 21 heteroatoms. The number of benzene rings is 4. The van der Waals surface area contributed by atoms with Crippen LogP contribution in [0, 0.1) is 0 Å². The molecular weight excluding hydrogens is 1100 g/mol. The van der Waals surface area contributed by atoms with Gasteiger partial charge in [-0.2, -0.15) is 0 Å². The van der Waals surface area contributed by atoms with E-state index in [2.05, 4.69) is 41.5 Å². The minimum atomic E-state index is -2.83. The fourth-order valence-corrected chi connectivity index (χ4v) is 12.4. The first kappa shape index (κ1) is 58.6. The van der Waals surface area contributed by atoms with Gasteiger partial charge >= 0.3 is 17.6 Å². The number of carbonyl (C=O) groups excluding carboxylic acids is 2. The normalized spacial score (nSPS) is 17.4. The van der Waals surface area contributed by atoms with E-state index in [1.807, 2.05) is 92.0 Å². The Labute approximate surface area is 459 Å². The zero-order valence-electron chi connectivity index (χ0n) is 42.1. The second-order valence-corrected chi connectivity index (χ2v) is 29.5. The summed E-state index contributed by atoms with van der Waals surface area (Å²) >= 11 is 31.2. The standard InChI is InChI=1S/C52H59Cl5N2O11S2Si/c1-50(2,3)72-71-29-28-58-37(60)26-27-59(49(58)63)48-47(69-39(62)25-24-38(61)68-46-43(56)41(54)40(53)42(55)44(46)57)45(70-73(9,10)51(4,5)6)36(67-48)30-66-52(31-14-12-11-13-15-31,32-16-20-34(64-7)21-17-32)33-18-22-35(65-8)23-19-33/h11-23,26-27,36,45,47-48H,24-25,28-30H2,1-10H3/t36-,45-,47-,48-/m1/s1. The number of hydrogen-bond acceptors (Lipinski definition) is 13. The van der Waals surface area contributed by atoms with Crippen molar-refractivity contribution in [2.75, 3.05) is 26.6 Å². The Balaban J connectivity index is 1.45. The molecule has 4 aromatic carbocycles. The number of ether oxygens (including phenoxy) is 6. The highest BCUT2D eigenvalue weighted by Crippen LogP contribution is 2.49. The van der Waals surface area contributed by atoms with E-state index >= 15 is 0 Å². The molecule has 1 saturated heterocycles. The van der Waals surface area contributed by atoms with Gasteiger partial charge in [-0.25, -0.2) is 4.79 Å². The number of nitrogens with zero attached hydrogens (tertiary/aromatic N) is 2. The number of methoxy groups -OCH3 is 2. The topological polar surface area (TPSA) is 143 Å². The molecule has 0 radical (unpaired) electrons. The predicted octanol–water partition coefficient (Wildman–Crippen LogP) is 13.1. The largest absolute Gasteiger partial charge is 0.497 e. The summed E-state index contributed by atoms with van der Waals surface area (Å²) in [6, 6.07) is 26.0. The maximum atomic E-state index is 14.6. The molecule has 0 unspecified atom stereocenters. The summed E-state index contributed by atoms with van der Waals surface area (Å²) < 4.78 is 46.8. The van der Waals surface area contributed by atoms with E-state index in [1.165, 1.54) is 27.6 Å². The van der Waals surface area contributed by atoms with Crippen LogP contribution >= 0.6 is 79.6 Å². The zero-order valence-corrected chi connectivity index (χ0v) is 48.5. The van der Waals surface area contributed by atoms with E-state index in [1.54, 1.807) is 25.0 Å². The van der Waals surface area contributed by atoms with Crippen LogP contribution in [0.1, 0.15) is 77.3 Å². The monoisotopic (exact) mass is 1150 g/mol. The van der Waals surface area contributed by atoms with Gasteiger partial charge in [0, 0.05) is 29.3 Å². The molecule has 0 amide bonds. The molecule has 4 atom stereocenters. The van der Waals surface area contributed by atoms with Gasteiger partial charge in [0.25, 0.3) is 5.56 Å². The van der Waals surface area contributed by atoms with Gasteiger partial charge in [-0.05, 0) is 59.1 Å². The summed E-state index contributed by atoms with van der Waals surface area (Å²) in [7, 11) is 3.52. The zero-order chi connectivity index (χ0) is 53.6. The van der Waals surface area contributed by atoms with Crippen LogP contribution in [-0.2, 0) is 40.4 Å². The summed E-state index contributed by atoms with van der Waals surface area (Å²) in [6.07, 6.45) is -4.51. The van der Waals surface area contributed by atoms with E-state index in [0.717, 1.165) is 21.3 Å². The third kappa shape index (κ3) is 13.7. The van der Waals surface area contributed by atoms with Crippen molar-refractivity contribution in [3.05, 3.63) is 154 Å². The SMILES string of the molecule is COc1ccc(C(OC[C@H]2O[C@@H](n3ccc(=O)n(CCSSC(C)(C)C)c3=O)[C@H](OC(=O)CCC(=O)Oc3c(Cl)c(Cl)c(Cl)c(Cl)c3Cl)[C@@H]2O[Si](C)(C)C(C)(C)C)(c2ccccc2)c2ccc(OC)cc2)cc1.